The van der Waals surface area contributed by atoms with Crippen LogP contribution in [-0.4, -0.2) is 17.8 Å². The van der Waals surface area contributed by atoms with Gasteiger partial charge in [-0.25, -0.2) is 0 Å². The van der Waals surface area contributed by atoms with Crippen LogP contribution < -0.4 is 11.1 Å². The molecule has 2 unspecified atom stereocenters. The Balaban J connectivity index is 1.94. The number of benzene rings is 1. The van der Waals surface area contributed by atoms with Gasteiger partial charge in [-0.2, -0.15) is 0 Å². The van der Waals surface area contributed by atoms with Crippen molar-refractivity contribution in [1.82, 2.24) is 0 Å². The van der Waals surface area contributed by atoms with Crippen LogP contribution in [0.5, 0.6) is 0 Å². The zero-order valence-electron chi connectivity index (χ0n) is 9.12. The maximum atomic E-state index is 9.71. The average molecular weight is 332 g/mol. The summed E-state index contributed by atoms with van der Waals surface area (Å²) < 4.78 is 1.14. The molecule has 1 fully saturated rings. The van der Waals surface area contributed by atoms with Gasteiger partial charge in [0.1, 0.15) is 0 Å². The first kappa shape index (κ1) is 12.0. The van der Waals surface area contributed by atoms with Gasteiger partial charge in [0.2, 0.25) is 0 Å². The van der Waals surface area contributed by atoms with Gasteiger partial charge in [-0.15, -0.1) is 0 Å². The van der Waals surface area contributed by atoms with Crippen LogP contribution in [0, 0.1) is 9.49 Å². The summed E-state index contributed by atoms with van der Waals surface area (Å²) >= 11 is 2.24. The number of nitrogens with one attached hydrogen (secondary N) is 1. The van der Waals surface area contributed by atoms with E-state index >= 15 is 0 Å². The largest absolute Gasteiger partial charge is 0.397 e. The molecule has 4 heteroatoms. The number of aliphatic hydroxyl groups is 1. The zero-order valence-corrected chi connectivity index (χ0v) is 11.3. The van der Waals surface area contributed by atoms with Gasteiger partial charge in [0, 0.05) is 16.0 Å². The third kappa shape index (κ3) is 2.79. The number of nitrogens with two attached hydrogens (primary N) is 1. The number of rotatable bonds is 3. The maximum absolute atomic E-state index is 9.71. The summed E-state index contributed by atoms with van der Waals surface area (Å²) in [6, 6.07) is 5.98. The summed E-state index contributed by atoms with van der Waals surface area (Å²) in [4.78, 5) is 0. The quantitative estimate of drug-likeness (QED) is 0.589. The van der Waals surface area contributed by atoms with Crippen LogP contribution in [0.3, 0.4) is 0 Å². The molecule has 0 aromatic heterocycles. The van der Waals surface area contributed by atoms with Crippen molar-refractivity contribution in [2.45, 2.75) is 25.4 Å². The van der Waals surface area contributed by atoms with Crippen LogP contribution in [0.2, 0.25) is 0 Å². The molecule has 2 atom stereocenters. The number of halogens is 1. The molecule has 1 aromatic carbocycles. The van der Waals surface area contributed by atoms with Crippen molar-refractivity contribution < 1.29 is 5.11 Å². The Kier molecular flexibility index (Phi) is 3.91. The molecule has 16 heavy (non-hydrogen) atoms. The average Bonchev–Trinajstić information content (AvgIpc) is 2.63. The van der Waals surface area contributed by atoms with E-state index in [0.29, 0.717) is 5.92 Å². The van der Waals surface area contributed by atoms with E-state index in [-0.39, 0.29) is 6.10 Å². The predicted molar refractivity (Wildman–Crippen MR) is 75.4 cm³/mol. The molecule has 0 aliphatic heterocycles. The molecule has 1 saturated carbocycles. The van der Waals surface area contributed by atoms with Crippen molar-refractivity contribution in [3.05, 3.63) is 21.8 Å². The van der Waals surface area contributed by atoms with Gasteiger partial charge in [-0.3, -0.25) is 0 Å². The second-order valence-electron chi connectivity index (χ2n) is 4.37. The van der Waals surface area contributed by atoms with Crippen LogP contribution in [0.15, 0.2) is 18.2 Å². The summed E-state index contributed by atoms with van der Waals surface area (Å²) in [7, 11) is 0. The highest BCUT2D eigenvalue weighted by molar-refractivity contribution is 14.1. The molecule has 2 rings (SSSR count). The molecule has 0 amide bonds. The van der Waals surface area contributed by atoms with Crippen molar-refractivity contribution in [2.24, 2.45) is 5.92 Å². The van der Waals surface area contributed by atoms with Gasteiger partial charge in [0.05, 0.1) is 17.5 Å². The Labute approximate surface area is 110 Å². The third-order valence-electron chi connectivity index (χ3n) is 3.19. The fourth-order valence-electron chi connectivity index (χ4n) is 2.19. The van der Waals surface area contributed by atoms with Crippen LogP contribution in [0.4, 0.5) is 11.4 Å². The lowest BCUT2D eigenvalue weighted by Crippen LogP contribution is -2.22. The molecule has 1 aliphatic carbocycles. The highest BCUT2D eigenvalue weighted by Crippen LogP contribution is 2.27. The minimum atomic E-state index is -0.141. The second-order valence-corrected chi connectivity index (χ2v) is 5.62. The molecule has 0 spiro atoms. The first-order chi connectivity index (χ1) is 7.66. The Morgan fingerprint density at radius 2 is 2.25 bits per heavy atom. The molecule has 0 radical (unpaired) electrons. The molecule has 3 nitrogen and oxygen atoms in total. The second kappa shape index (κ2) is 5.23. The summed E-state index contributed by atoms with van der Waals surface area (Å²) in [5, 5.41) is 13.0. The first-order valence-corrected chi connectivity index (χ1v) is 6.71. The Bertz CT molecular complexity index is 370. The lowest BCUT2D eigenvalue weighted by molar-refractivity contribution is 0.138. The monoisotopic (exact) mass is 332 g/mol. The van der Waals surface area contributed by atoms with E-state index in [1.54, 1.807) is 0 Å². The topological polar surface area (TPSA) is 58.3 Å². The van der Waals surface area contributed by atoms with Gasteiger partial charge < -0.3 is 16.2 Å². The van der Waals surface area contributed by atoms with Crippen molar-refractivity contribution in [3.8, 4) is 0 Å². The normalized spacial score (nSPS) is 24.6. The van der Waals surface area contributed by atoms with Crippen LogP contribution in [-0.2, 0) is 0 Å². The van der Waals surface area contributed by atoms with E-state index < -0.39 is 0 Å². The predicted octanol–water partition coefficient (Wildman–Crippen LogP) is 2.45. The highest BCUT2D eigenvalue weighted by atomic mass is 127. The minimum absolute atomic E-state index is 0.141. The third-order valence-corrected chi connectivity index (χ3v) is 3.86. The maximum Gasteiger partial charge on any atom is 0.0585 e. The van der Waals surface area contributed by atoms with Crippen LogP contribution in [0.25, 0.3) is 0 Å². The van der Waals surface area contributed by atoms with Crippen molar-refractivity contribution in [1.29, 1.82) is 0 Å². The SMILES string of the molecule is Nc1cc(I)ccc1NCC1CCCC1O. The minimum Gasteiger partial charge on any atom is -0.397 e. The molecule has 0 saturated heterocycles. The van der Waals surface area contributed by atoms with E-state index in [2.05, 4.69) is 27.9 Å². The van der Waals surface area contributed by atoms with Gasteiger partial charge in [-0.1, -0.05) is 6.42 Å². The fraction of sp³-hybridized carbons (Fsp3) is 0.500. The summed E-state index contributed by atoms with van der Waals surface area (Å²) in [6.45, 7) is 0.811. The molecule has 0 bridgehead atoms. The van der Waals surface area contributed by atoms with E-state index in [9.17, 15) is 5.11 Å². The number of hydrogen-bond donors (Lipinski definition) is 3. The van der Waals surface area contributed by atoms with Crippen molar-refractivity contribution in [2.75, 3.05) is 17.6 Å². The molecular formula is C12H17IN2O. The van der Waals surface area contributed by atoms with E-state index in [1.807, 2.05) is 18.2 Å². The zero-order chi connectivity index (χ0) is 11.5. The number of nitrogen functional groups attached to an aromatic ring is 1. The summed E-state index contributed by atoms with van der Waals surface area (Å²) in [5.74, 6) is 0.374. The smallest absolute Gasteiger partial charge is 0.0585 e. The molecule has 0 heterocycles. The van der Waals surface area contributed by atoms with Gasteiger partial charge in [0.15, 0.2) is 0 Å². The van der Waals surface area contributed by atoms with Gasteiger partial charge >= 0.3 is 0 Å². The fourth-order valence-corrected chi connectivity index (χ4v) is 2.71. The number of anilines is 2. The number of hydrogen-bond acceptors (Lipinski definition) is 3. The number of aliphatic hydroxyl groups excluding tert-OH is 1. The lowest BCUT2D eigenvalue weighted by Gasteiger charge is -2.17. The summed E-state index contributed by atoms with van der Waals surface area (Å²) in [6.07, 6.45) is 3.04. The van der Waals surface area contributed by atoms with Crippen LogP contribution in [0.1, 0.15) is 19.3 Å². The van der Waals surface area contributed by atoms with Crippen LogP contribution >= 0.6 is 22.6 Å². The van der Waals surface area contributed by atoms with E-state index in [4.69, 9.17) is 5.73 Å². The Hall–Kier alpha value is -0.490. The summed E-state index contributed by atoms with van der Waals surface area (Å²) in [5.41, 5.74) is 7.66. The Morgan fingerprint density at radius 1 is 1.44 bits per heavy atom. The molecule has 4 N–H and O–H groups in total. The molecule has 1 aromatic rings. The lowest BCUT2D eigenvalue weighted by atomic mass is 10.1. The van der Waals surface area contributed by atoms with Gasteiger partial charge in [0.25, 0.3) is 0 Å². The standard InChI is InChI=1S/C12H17IN2O/c13-9-4-5-11(10(14)6-9)15-7-8-2-1-3-12(8)16/h4-6,8,12,15-16H,1-3,7,14H2. The first-order valence-electron chi connectivity index (χ1n) is 5.64. The molecule has 1 aliphatic rings. The molecular weight excluding hydrogens is 315 g/mol. The van der Waals surface area contributed by atoms with E-state index in [0.717, 1.165) is 40.8 Å². The Morgan fingerprint density at radius 3 is 2.88 bits per heavy atom. The van der Waals surface area contributed by atoms with E-state index in [1.165, 1.54) is 0 Å². The highest BCUT2D eigenvalue weighted by Gasteiger charge is 2.24. The van der Waals surface area contributed by atoms with Crippen molar-refractivity contribution in [3.63, 3.8) is 0 Å². The van der Waals surface area contributed by atoms with Gasteiger partial charge in [-0.05, 0) is 53.6 Å². The molecule has 88 valence electrons. The van der Waals surface area contributed by atoms with Crippen molar-refractivity contribution >= 4 is 34.0 Å².